The van der Waals surface area contributed by atoms with Gasteiger partial charge in [0.15, 0.2) is 5.69 Å². The number of allylic oxidation sites excluding steroid dienone is 1. The van der Waals surface area contributed by atoms with Gasteiger partial charge in [0, 0.05) is 22.8 Å². The number of hydrogen-bond donors (Lipinski definition) is 3. The van der Waals surface area contributed by atoms with E-state index in [0.717, 1.165) is 18.2 Å². The number of benzene rings is 2. The van der Waals surface area contributed by atoms with Crippen molar-refractivity contribution in [3.05, 3.63) is 123 Å². The van der Waals surface area contributed by atoms with Gasteiger partial charge in [-0.05, 0) is 68.5 Å². The molecule has 0 radical (unpaired) electrons. The van der Waals surface area contributed by atoms with E-state index < -0.39 is 82.7 Å². The zero-order valence-corrected chi connectivity index (χ0v) is 28.0. The maximum absolute atomic E-state index is 15.4. The number of carbonyl (C=O) groups excluding carboxylic acids is 1. The molecule has 1 aliphatic rings. The van der Waals surface area contributed by atoms with E-state index in [-0.39, 0.29) is 39.8 Å². The second kappa shape index (κ2) is 13.6. The smallest absolute Gasteiger partial charge is 0.378 e. The van der Waals surface area contributed by atoms with Crippen molar-refractivity contribution in [2.45, 2.75) is 57.0 Å². The second-order valence-corrected chi connectivity index (χ2v) is 13.0. The normalized spacial score (nSPS) is 15.8. The van der Waals surface area contributed by atoms with Gasteiger partial charge in [0.1, 0.15) is 35.2 Å². The lowest BCUT2D eigenvalue weighted by Gasteiger charge is -2.23. The first-order chi connectivity index (χ1) is 24.9. The number of hydrogen-bond acceptors (Lipinski definition) is 6. The first kappa shape index (κ1) is 37.0. The number of H-pyrrole nitrogens is 1. The van der Waals surface area contributed by atoms with Crippen molar-refractivity contribution in [2.24, 2.45) is 5.92 Å². The quantitative estimate of drug-likeness (QED) is 0.0997. The minimum absolute atomic E-state index is 0.00104. The third kappa shape index (κ3) is 7.56. The number of amides is 1. The molecule has 6 rings (SSSR count). The molecule has 2 atom stereocenters. The van der Waals surface area contributed by atoms with Gasteiger partial charge in [-0.2, -0.15) is 27.1 Å². The fourth-order valence-corrected chi connectivity index (χ4v) is 6.29. The van der Waals surface area contributed by atoms with Crippen LogP contribution in [0.15, 0.2) is 72.3 Å². The summed E-state index contributed by atoms with van der Waals surface area (Å²) in [6.07, 6.45) is -4.18. The van der Waals surface area contributed by atoms with Gasteiger partial charge in [-0.1, -0.05) is 24.1 Å². The minimum Gasteiger partial charge on any atom is -0.378 e. The average Bonchev–Trinajstić information content (AvgIpc) is 3.56. The molecule has 9 nitrogen and oxygen atoms in total. The van der Waals surface area contributed by atoms with Crippen LogP contribution in [0.25, 0.3) is 22.0 Å². The fraction of sp³-hybridized carbons (Fsp3) is 0.270. The first-order valence-corrected chi connectivity index (χ1v) is 16.0. The van der Waals surface area contributed by atoms with Gasteiger partial charge in [0.05, 0.1) is 34.9 Å². The Balaban J connectivity index is 1.50. The Bertz CT molecular complexity index is 2360. The van der Waals surface area contributed by atoms with E-state index >= 15 is 8.78 Å². The van der Waals surface area contributed by atoms with Crippen molar-refractivity contribution >= 4 is 16.8 Å². The van der Waals surface area contributed by atoms with E-state index in [9.17, 15) is 36.6 Å². The number of nitrogens with one attached hydrogen (secondary N) is 2. The number of para-hydroxylation sites is 1. The van der Waals surface area contributed by atoms with Gasteiger partial charge in [0.25, 0.3) is 11.5 Å². The molecule has 0 bridgehead atoms. The Morgan fingerprint density at radius 2 is 1.87 bits per heavy atom. The lowest BCUT2D eigenvalue weighted by molar-refractivity contribution is -0.142. The molecular formula is C37H29F7N6O3. The summed E-state index contributed by atoms with van der Waals surface area (Å²) in [5.41, 5.74) is -4.45. The molecule has 274 valence electrons. The predicted molar refractivity (Wildman–Crippen MR) is 178 cm³/mol. The van der Waals surface area contributed by atoms with Crippen molar-refractivity contribution in [3.8, 4) is 23.0 Å². The van der Waals surface area contributed by atoms with Crippen LogP contribution >= 0.6 is 0 Å². The van der Waals surface area contributed by atoms with Gasteiger partial charge in [-0.25, -0.2) is 18.7 Å². The van der Waals surface area contributed by atoms with Crippen LogP contribution in [0.3, 0.4) is 0 Å². The summed E-state index contributed by atoms with van der Waals surface area (Å²) in [5.74, 6) is -3.20. The van der Waals surface area contributed by atoms with Crippen molar-refractivity contribution in [1.29, 1.82) is 0 Å². The summed E-state index contributed by atoms with van der Waals surface area (Å²) in [4.78, 5) is 37.8. The molecular weight excluding hydrogens is 709 g/mol. The monoisotopic (exact) mass is 738 g/mol. The van der Waals surface area contributed by atoms with Crippen LogP contribution in [0.4, 0.5) is 30.7 Å². The van der Waals surface area contributed by atoms with Crippen LogP contribution in [-0.2, 0) is 36.3 Å². The number of halogens is 7. The van der Waals surface area contributed by atoms with Gasteiger partial charge >= 0.3 is 6.18 Å². The van der Waals surface area contributed by atoms with Gasteiger partial charge in [0.2, 0.25) is 5.91 Å². The summed E-state index contributed by atoms with van der Waals surface area (Å²) in [7, 11) is 0. The zero-order valence-electron chi connectivity index (χ0n) is 28.0. The molecule has 0 saturated carbocycles. The van der Waals surface area contributed by atoms with Gasteiger partial charge in [-0.3, -0.25) is 14.3 Å². The highest BCUT2D eigenvalue weighted by Crippen LogP contribution is 2.50. The van der Waals surface area contributed by atoms with Crippen LogP contribution < -0.4 is 10.9 Å². The number of alkyl halides is 5. The highest BCUT2D eigenvalue weighted by molar-refractivity contribution is 5.93. The van der Waals surface area contributed by atoms with Crippen LogP contribution in [0.5, 0.6) is 0 Å². The summed E-state index contributed by atoms with van der Waals surface area (Å²) in [6.45, 7) is 5.06. The zero-order chi connectivity index (χ0) is 38.5. The predicted octanol–water partition coefficient (Wildman–Crippen LogP) is 6.15. The number of pyridine rings is 1. The number of rotatable bonds is 8. The molecule has 1 amide bonds. The molecule has 0 aliphatic heterocycles. The minimum atomic E-state index is -5.11. The molecule has 3 heterocycles. The summed E-state index contributed by atoms with van der Waals surface area (Å²) in [5, 5.41) is 16.4. The molecule has 0 spiro atoms. The van der Waals surface area contributed by atoms with Crippen molar-refractivity contribution < 1.29 is 40.6 Å². The number of fused-ring (bicyclic) bond motifs is 2. The van der Waals surface area contributed by atoms with E-state index in [2.05, 4.69) is 43.8 Å². The second-order valence-electron chi connectivity index (χ2n) is 13.0. The van der Waals surface area contributed by atoms with Crippen molar-refractivity contribution in [2.75, 3.05) is 0 Å². The Kier molecular flexibility index (Phi) is 9.50. The van der Waals surface area contributed by atoms with Gasteiger partial charge < -0.3 is 15.4 Å². The first-order valence-electron chi connectivity index (χ1n) is 16.0. The van der Waals surface area contributed by atoms with Crippen molar-refractivity contribution in [1.82, 2.24) is 30.0 Å². The molecule has 53 heavy (non-hydrogen) atoms. The van der Waals surface area contributed by atoms with Crippen molar-refractivity contribution in [3.63, 3.8) is 0 Å². The number of aliphatic hydroxyl groups is 1. The van der Waals surface area contributed by atoms with Gasteiger partial charge in [-0.15, -0.1) is 6.58 Å². The molecule has 3 N–H and O–H groups in total. The van der Waals surface area contributed by atoms with E-state index in [1.54, 1.807) is 12.1 Å². The number of nitrogens with zero attached hydrogens (tertiary/aromatic N) is 4. The summed E-state index contributed by atoms with van der Waals surface area (Å²) in [6, 6.07) is 8.94. The maximum atomic E-state index is 15.4. The number of aromatic nitrogens is 5. The molecule has 3 aromatic heterocycles. The third-order valence-corrected chi connectivity index (χ3v) is 8.51. The average molecular weight is 739 g/mol. The lowest BCUT2D eigenvalue weighted by Crippen LogP contribution is -2.35. The fourth-order valence-electron chi connectivity index (χ4n) is 6.29. The molecule has 16 heteroatoms. The summed E-state index contributed by atoms with van der Waals surface area (Å²) < 4.78 is 102. The molecule has 0 fully saturated rings. The Morgan fingerprint density at radius 3 is 2.53 bits per heavy atom. The summed E-state index contributed by atoms with van der Waals surface area (Å²) >= 11 is 0. The molecule has 2 aromatic carbocycles. The topological polar surface area (TPSA) is 126 Å². The molecule has 5 aromatic rings. The van der Waals surface area contributed by atoms with Crippen LogP contribution in [-0.4, -0.2) is 41.3 Å². The lowest BCUT2D eigenvalue weighted by atomic mass is 9.93. The molecule has 1 aliphatic carbocycles. The largest absolute Gasteiger partial charge is 0.435 e. The molecule has 2 unspecified atom stereocenters. The Labute approximate surface area is 296 Å². The standard InChI is InChI=1S/C37H29F7N6O3/c1-4-20-15-27-32(37(42,43)44)49-50(33(27)36(20,40)41)17-29(51)48-28(14-19-12-21(38)16-22(39)13-19)31-25(9-8-23(47-31)10-11-35(2,3)53)24-6-5-7-26-30(24)45-18-46-34(26)52/h4-9,12-13,16,18,20,28,53H,1,14-15,17H2,2-3H3,(H,48,51)(H,45,46,52). The van der Waals surface area contributed by atoms with E-state index in [1.807, 2.05) is 0 Å². The number of aromatic amines is 1. The SMILES string of the molecule is C=CC1Cc2c(C(F)(F)F)nn(CC(=O)NC(Cc3cc(F)cc(F)c3)c3nc(C#CC(C)(C)O)ccc3-c3cccc4c(=O)[nH]cnc34)c2C1(F)F. The molecule has 0 saturated heterocycles. The van der Waals surface area contributed by atoms with Crippen LogP contribution in [0.1, 0.15) is 53.8 Å². The van der Waals surface area contributed by atoms with E-state index in [1.165, 1.54) is 38.4 Å². The number of carbonyl (C=O) groups is 1. The van der Waals surface area contributed by atoms with E-state index in [4.69, 9.17) is 0 Å². The third-order valence-electron chi connectivity index (χ3n) is 8.51. The maximum Gasteiger partial charge on any atom is 0.435 e. The van der Waals surface area contributed by atoms with E-state index in [0.29, 0.717) is 16.3 Å². The Morgan fingerprint density at radius 1 is 1.15 bits per heavy atom. The van der Waals surface area contributed by atoms with Crippen LogP contribution in [0, 0.1) is 29.4 Å². The Hall–Kier alpha value is -5.82. The van der Waals surface area contributed by atoms with Crippen LogP contribution in [0.2, 0.25) is 0 Å². The highest BCUT2D eigenvalue weighted by atomic mass is 19.4. The highest BCUT2D eigenvalue weighted by Gasteiger charge is 2.55.